The van der Waals surface area contributed by atoms with E-state index >= 15 is 0 Å². The average Bonchev–Trinajstić information content (AvgIpc) is 2.54. The van der Waals surface area contributed by atoms with Crippen LogP contribution in [0.5, 0.6) is 5.75 Å². The fraction of sp³-hybridized carbons (Fsp3) is 0.429. The lowest BCUT2D eigenvalue weighted by atomic mass is 10.0. The number of anilines is 1. The molecule has 0 aliphatic carbocycles. The van der Waals surface area contributed by atoms with Crippen molar-refractivity contribution in [2.75, 3.05) is 23.9 Å². The summed E-state index contributed by atoms with van der Waals surface area (Å²) in [5, 5.41) is 4.25. The van der Waals surface area contributed by atoms with E-state index < -0.39 is 11.1 Å². The minimum atomic E-state index is -1.90. The third-order valence-corrected chi connectivity index (χ3v) is 4.27. The predicted molar refractivity (Wildman–Crippen MR) is 83.7 cm³/mol. The van der Waals surface area contributed by atoms with E-state index in [9.17, 15) is 9.00 Å². The van der Waals surface area contributed by atoms with E-state index in [4.69, 9.17) is 9.29 Å². The molecule has 22 heavy (non-hydrogen) atoms. The molecule has 0 saturated heterocycles. The third kappa shape index (κ3) is 3.12. The lowest BCUT2D eigenvalue weighted by Gasteiger charge is -2.30. The maximum atomic E-state index is 11.1. The van der Waals surface area contributed by atoms with Gasteiger partial charge in [0, 0.05) is 5.56 Å². The number of hydrazone groups is 1. The molecule has 0 amide bonds. The average molecular weight is 323 g/mol. The highest BCUT2D eigenvalue weighted by Crippen LogP contribution is 2.33. The van der Waals surface area contributed by atoms with Crippen LogP contribution in [0.25, 0.3) is 0 Å². The standard InChI is InChI=1S/C14H17N3O4S/c18-8-11-2-3-12(16-15-11)10-1-4-14-13(7-10)17(5-6-21-14)9-22(19)20/h1,4,7-8,11,15H,2-3,5-6,9H2,(H,19,20). The Kier molecular flexibility index (Phi) is 4.39. The summed E-state index contributed by atoms with van der Waals surface area (Å²) in [6.07, 6.45) is 2.28. The molecular formula is C14H17N3O4S. The van der Waals surface area contributed by atoms with Crippen LogP contribution in [0, 0.1) is 0 Å². The highest BCUT2D eigenvalue weighted by Gasteiger charge is 2.22. The highest BCUT2D eigenvalue weighted by molar-refractivity contribution is 7.79. The summed E-state index contributed by atoms with van der Waals surface area (Å²) in [5.74, 6) is 0.758. The summed E-state index contributed by atoms with van der Waals surface area (Å²) in [4.78, 5) is 12.6. The van der Waals surface area contributed by atoms with Gasteiger partial charge in [-0.2, -0.15) is 5.10 Å². The molecule has 1 aromatic rings. The molecule has 0 spiro atoms. The summed E-state index contributed by atoms with van der Waals surface area (Å²) in [5.41, 5.74) is 5.42. The van der Waals surface area contributed by atoms with Gasteiger partial charge in [-0.05, 0) is 31.0 Å². The Labute approximate surface area is 130 Å². The van der Waals surface area contributed by atoms with E-state index in [0.29, 0.717) is 31.7 Å². The van der Waals surface area contributed by atoms with Gasteiger partial charge >= 0.3 is 0 Å². The summed E-state index contributed by atoms with van der Waals surface area (Å²) >= 11 is -1.90. The second-order valence-electron chi connectivity index (χ2n) is 5.21. The number of ether oxygens (including phenoxy) is 1. The number of nitrogens with zero attached hydrogens (tertiary/aromatic N) is 2. The fourth-order valence-electron chi connectivity index (χ4n) is 2.60. The molecule has 118 valence electrons. The molecule has 2 atom stereocenters. The van der Waals surface area contributed by atoms with Crippen LogP contribution in [0.3, 0.4) is 0 Å². The third-order valence-electron chi connectivity index (χ3n) is 3.74. The molecule has 0 radical (unpaired) electrons. The van der Waals surface area contributed by atoms with Crippen LogP contribution < -0.4 is 15.1 Å². The molecule has 2 heterocycles. The molecule has 7 nitrogen and oxygen atoms in total. The second kappa shape index (κ2) is 6.45. The zero-order valence-electron chi connectivity index (χ0n) is 11.9. The highest BCUT2D eigenvalue weighted by atomic mass is 32.2. The SMILES string of the molecule is O=CC1CCC(c2ccc3c(c2)N(CS(=O)O)CCO3)=NN1. The number of carbonyl (C=O) groups is 1. The van der Waals surface area contributed by atoms with Gasteiger partial charge in [-0.1, -0.05) is 0 Å². The zero-order valence-corrected chi connectivity index (χ0v) is 12.7. The molecule has 2 aliphatic heterocycles. The van der Waals surface area contributed by atoms with Crippen LogP contribution >= 0.6 is 0 Å². The second-order valence-corrected chi connectivity index (χ2v) is 6.12. The van der Waals surface area contributed by atoms with Crippen LogP contribution in [0.1, 0.15) is 18.4 Å². The van der Waals surface area contributed by atoms with Crippen molar-refractivity contribution < 1.29 is 18.3 Å². The number of fused-ring (bicyclic) bond motifs is 1. The van der Waals surface area contributed by atoms with Gasteiger partial charge in [-0.25, -0.2) is 4.21 Å². The monoisotopic (exact) mass is 323 g/mol. The molecule has 8 heteroatoms. The number of hydrogen-bond acceptors (Lipinski definition) is 6. The fourth-order valence-corrected chi connectivity index (χ4v) is 3.14. The van der Waals surface area contributed by atoms with Crippen molar-refractivity contribution in [2.45, 2.75) is 18.9 Å². The van der Waals surface area contributed by atoms with Crippen molar-refractivity contribution in [3.63, 3.8) is 0 Å². The lowest BCUT2D eigenvalue weighted by Crippen LogP contribution is -2.35. The number of rotatable bonds is 4. The Morgan fingerprint density at radius 1 is 1.55 bits per heavy atom. The van der Waals surface area contributed by atoms with Crippen molar-refractivity contribution in [3.05, 3.63) is 23.8 Å². The van der Waals surface area contributed by atoms with Crippen molar-refractivity contribution in [1.29, 1.82) is 0 Å². The Morgan fingerprint density at radius 3 is 3.09 bits per heavy atom. The number of nitrogens with one attached hydrogen (secondary N) is 1. The van der Waals surface area contributed by atoms with Crippen molar-refractivity contribution in [2.24, 2.45) is 5.10 Å². The minimum absolute atomic E-state index is 0.0533. The maximum Gasteiger partial charge on any atom is 0.173 e. The number of carbonyl (C=O) groups excluding carboxylic acids is 1. The Morgan fingerprint density at radius 2 is 2.41 bits per heavy atom. The van der Waals surface area contributed by atoms with Gasteiger partial charge in [0.05, 0.1) is 24.0 Å². The van der Waals surface area contributed by atoms with Crippen molar-refractivity contribution >= 4 is 28.8 Å². The molecule has 0 bridgehead atoms. The van der Waals surface area contributed by atoms with Gasteiger partial charge in [0.1, 0.15) is 24.5 Å². The summed E-state index contributed by atoms with van der Waals surface area (Å²) in [7, 11) is 0. The number of benzene rings is 1. The molecule has 1 aromatic carbocycles. The largest absolute Gasteiger partial charge is 0.490 e. The van der Waals surface area contributed by atoms with Crippen LogP contribution in [-0.4, -0.2) is 45.8 Å². The molecule has 2 unspecified atom stereocenters. The van der Waals surface area contributed by atoms with Gasteiger partial charge in [-0.15, -0.1) is 0 Å². The Bertz CT molecular complexity index is 635. The maximum absolute atomic E-state index is 11.1. The molecule has 0 saturated carbocycles. The van der Waals surface area contributed by atoms with Gasteiger partial charge < -0.3 is 19.0 Å². The van der Waals surface area contributed by atoms with E-state index in [1.165, 1.54) is 0 Å². The summed E-state index contributed by atoms with van der Waals surface area (Å²) < 4.78 is 25.8. The van der Waals surface area contributed by atoms with Crippen LogP contribution in [0.4, 0.5) is 5.69 Å². The van der Waals surface area contributed by atoms with Crippen LogP contribution in [0.2, 0.25) is 0 Å². The van der Waals surface area contributed by atoms with Gasteiger partial charge in [0.25, 0.3) is 0 Å². The number of hydrogen-bond donors (Lipinski definition) is 2. The van der Waals surface area contributed by atoms with Gasteiger partial charge in [0.15, 0.2) is 11.1 Å². The normalized spacial score (nSPS) is 22.0. The first-order valence-corrected chi connectivity index (χ1v) is 8.32. The zero-order chi connectivity index (χ0) is 15.5. The molecule has 0 aromatic heterocycles. The topological polar surface area (TPSA) is 91.2 Å². The van der Waals surface area contributed by atoms with E-state index in [2.05, 4.69) is 10.5 Å². The smallest absolute Gasteiger partial charge is 0.173 e. The van der Waals surface area contributed by atoms with Crippen molar-refractivity contribution in [1.82, 2.24) is 5.43 Å². The van der Waals surface area contributed by atoms with E-state index in [1.54, 1.807) is 0 Å². The van der Waals surface area contributed by atoms with Crippen LogP contribution in [0.15, 0.2) is 23.3 Å². The van der Waals surface area contributed by atoms with Crippen LogP contribution in [-0.2, 0) is 15.9 Å². The molecule has 2 aliphatic rings. The van der Waals surface area contributed by atoms with E-state index in [1.807, 2.05) is 23.1 Å². The minimum Gasteiger partial charge on any atom is -0.490 e. The first-order valence-electron chi connectivity index (χ1n) is 7.04. The molecular weight excluding hydrogens is 306 g/mol. The quantitative estimate of drug-likeness (QED) is 0.627. The Hall–Kier alpha value is -1.93. The van der Waals surface area contributed by atoms with E-state index in [0.717, 1.165) is 23.2 Å². The Balaban J connectivity index is 1.87. The first kappa shape index (κ1) is 15.0. The van der Waals surface area contributed by atoms with Crippen molar-refractivity contribution in [3.8, 4) is 5.75 Å². The first-order chi connectivity index (χ1) is 10.7. The van der Waals surface area contributed by atoms with Gasteiger partial charge in [0.2, 0.25) is 0 Å². The lowest BCUT2D eigenvalue weighted by molar-refractivity contribution is -0.109. The summed E-state index contributed by atoms with van der Waals surface area (Å²) in [6.45, 7) is 1.06. The predicted octanol–water partition coefficient (Wildman–Crippen LogP) is 0.720. The molecule has 0 fully saturated rings. The van der Waals surface area contributed by atoms with E-state index in [-0.39, 0.29) is 11.9 Å². The molecule has 2 N–H and O–H groups in total. The molecule has 3 rings (SSSR count). The summed E-state index contributed by atoms with van der Waals surface area (Å²) in [6, 6.07) is 5.46. The van der Waals surface area contributed by atoms with Gasteiger partial charge in [-0.3, -0.25) is 5.43 Å². The number of aldehydes is 1.